The van der Waals surface area contributed by atoms with Crippen molar-refractivity contribution in [1.29, 1.82) is 0 Å². The average molecular weight is 368 g/mol. The molecule has 0 saturated carbocycles. The highest BCUT2D eigenvalue weighted by Crippen LogP contribution is 2.19. The van der Waals surface area contributed by atoms with Crippen LogP contribution in [0.5, 0.6) is 0 Å². The molecule has 0 aliphatic heterocycles. The highest BCUT2D eigenvalue weighted by Gasteiger charge is 2.14. The summed E-state index contributed by atoms with van der Waals surface area (Å²) in [5, 5.41) is 2.64. The average Bonchev–Trinajstić information content (AvgIpc) is 3.04. The van der Waals surface area contributed by atoms with E-state index >= 15 is 0 Å². The van der Waals surface area contributed by atoms with Crippen molar-refractivity contribution in [1.82, 2.24) is 15.3 Å². The number of hydrogen-bond acceptors (Lipinski definition) is 3. The van der Waals surface area contributed by atoms with Gasteiger partial charge in [-0.15, -0.1) is 0 Å². The maximum atomic E-state index is 12.4. The topological polar surface area (TPSA) is 57.8 Å². The van der Waals surface area contributed by atoms with Crippen LogP contribution < -0.4 is 5.32 Å². The molecule has 1 amide bonds. The zero-order valence-corrected chi connectivity index (χ0v) is 16.1. The SMILES string of the molecule is CCCc1nc2c(C)cc(CNC(=O)[C@@H](S)Cc3ccccc3)cc2[nH]1. The van der Waals surface area contributed by atoms with Gasteiger partial charge in [0.15, 0.2) is 0 Å². The lowest BCUT2D eigenvalue weighted by atomic mass is 10.1. The monoisotopic (exact) mass is 367 g/mol. The number of H-pyrrole nitrogens is 1. The number of carbonyl (C=O) groups is 1. The van der Waals surface area contributed by atoms with Gasteiger partial charge < -0.3 is 10.3 Å². The molecule has 0 fully saturated rings. The minimum atomic E-state index is -0.356. The van der Waals surface area contributed by atoms with Crippen LogP contribution in [-0.4, -0.2) is 21.1 Å². The minimum absolute atomic E-state index is 0.0498. The van der Waals surface area contributed by atoms with Gasteiger partial charge in [0.2, 0.25) is 5.91 Å². The summed E-state index contributed by atoms with van der Waals surface area (Å²) in [6.45, 7) is 4.69. The Morgan fingerprint density at radius 1 is 1.23 bits per heavy atom. The Bertz CT molecular complexity index is 889. The molecular weight excluding hydrogens is 342 g/mol. The number of thiol groups is 1. The number of aromatic nitrogens is 2. The van der Waals surface area contributed by atoms with Gasteiger partial charge in [0, 0.05) is 13.0 Å². The summed E-state index contributed by atoms with van der Waals surface area (Å²) in [7, 11) is 0. The first-order valence-corrected chi connectivity index (χ1v) is 9.56. The van der Waals surface area contributed by atoms with Crippen LogP contribution in [0.15, 0.2) is 42.5 Å². The number of aryl methyl sites for hydroxylation is 2. The molecule has 3 aromatic rings. The normalized spacial score (nSPS) is 12.3. The lowest BCUT2D eigenvalue weighted by molar-refractivity contribution is -0.120. The zero-order valence-electron chi connectivity index (χ0n) is 15.2. The van der Waals surface area contributed by atoms with Crippen LogP contribution in [0.4, 0.5) is 0 Å². The Morgan fingerprint density at radius 3 is 2.73 bits per heavy atom. The van der Waals surface area contributed by atoms with Crippen LogP contribution in [0.1, 0.15) is 35.9 Å². The summed E-state index contributed by atoms with van der Waals surface area (Å²) in [6, 6.07) is 14.1. The molecule has 1 aromatic heterocycles. The summed E-state index contributed by atoms with van der Waals surface area (Å²) in [5.41, 5.74) is 5.34. The fraction of sp³-hybridized carbons (Fsp3) is 0.333. The number of rotatable bonds is 7. The molecule has 5 heteroatoms. The molecule has 26 heavy (non-hydrogen) atoms. The van der Waals surface area contributed by atoms with Crippen molar-refractivity contribution in [2.45, 2.75) is 44.9 Å². The first-order valence-electron chi connectivity index (χ1n) is 9.04. The third kappa shape index (κ3) is 4.47. The van der Waals surface area contributed by atoms with Gasteiger partial charge in [-0.05, 0) is 42.5 Å². The molecule has 136 valence electrons. The number of hydrogen-bond donors (Lipinski definition) is 3. The number of nitrogens with zero attached hydrogens (tertiary/aromatic N) is 1. The van der Waals surface area contributed by atoms with E-state index in [2.05, 4.69) is 53.9 Å². The fourth-order valence-electron chi connectivity index (χ4n) is 3.11. The second kappa shape index (κ2) is 8.41. The summed E-state index contributed by atoms with van der Waals surface area (Å²) < 4.78 is 0. The van der Waals surface area contributed by atoms with E-state index in [4.69, 9.17) is 0 Å². The van der Waals surface area contributed by atoms with Gasteiger partial charge in [-0.25, -0.2) is 4.98 Å². The fourth-order valence-corrected chi connectivity index (χ4v) is 3.41. The van der Waals surface area contributed by atoms with E-state index in [0.717, 1.165) is 46.4 Å². The second-order valence-corrected chi connectivity index (χ2v) is 7.29. The summed E-state index contributed by atoms with van der Waals surface area (Å²) in [6.07, 6.45) is 2.63. The molecule has 0 saturated heterocycles. The Labute approximate surface area is 159 Å². The number of benzene rings is 2. The molecule has 1 atom stereocenters. The molecule has 0 spiro atoms. The van der Waals surface area contributed by atoms with Gasteiger partial charge in [0.25, 0.3) is 0 Å². The van der Waals surface area contributed by atoms with Crippen molar-refractivity contribution >= 4 is 29.6 Å². The van der Waals surface area contributed by atoms with Crippen LogP contribution in [0, 0.1) is 6.92 Å². The number of aromatic amines is 1. The predicted octanol–water partition coefficient (Wildman–Crippen LogP) is 3.98. The third-order valence-corrected chi connectivity index (χ3v) is 4.83. The van der Waals surface area contributed by atoms with Crippen molar-refractivity contribution in [3.8, 4) is 0 Å². The molecule has 0 unspecified atom stereocenters. The quantitative estimate of drug-likeness (QED) is 0.553. The molecule has 2 N–H and O–H groups in total. The van der Waals surface area contributed by atoms with Crippen LogP contribution in [0.3, 0.4) is 0 Å². The number of nitrogens with one attached hydrogen (secondary N) is 2. The van der Waals surface area contributed by atoms with E-state index in [9.17, 15) is 4.79 Å². The first-order chi connectivity index (χ1) is 12.6. The van der Waals surface area contributed by atoms with Gasteiger partial charge in [0.1, 0.15) is 5.82 Å². The molecule has 1 heterocycles. The van der Waals surface area contributed by atoms with Gasteiger partial charge in [-0.1, -0.05) is 43.3 Å². The Kier molecular flexibility index (Phi) is 5.99. The molecule has 4 nitrogen and oxygen atoms in total. The Hall–Kier alpha value is -2.27. The van der Waals surface area contributed by atoms with Crippen molar-refractivity contribution < 1.29 is 4.79 Å². The van der Waals surface area contributed by atoms with Crippen molar-refractivity contribution in [2.24, 2.45) is 0 Å². The van der Waals surface area contributed by atoms with E-state index in [1.165, 1.54) is 0 Å². The van der Waals surface area contributed by atoms with Gasteiger partial charge in [0.05, 0.1) is 16.3 Å². The standard InChI is InChI=1S/C21H25N3OS/c1-3-7-19-23-17-11-16(10-14(2)20(17)24-19)13-22-21(25)18(26)12-15-8-5-4-6-9-15/h4-6,8-11,18,26H,3,7,12-13H2,1-2H3,(H,22,25)(H,23,24)/t18-/m0/s1. The van der Waals surface area contributed by atoms with E-state index in [1.807, 2.05) is 30.3 Å². The molecule has 0 aliphatic carbocycles. The third-order valence-electron chi connectivity index (χ3n) is 4.41. The minimum Gasteiger partial charge on any atom is -0.351 e. The van der Waals surface area contributed by atoms with Gasteiger partial charge >= 0.3 is 0 Å². The van der Waals surface area contributed by atoms with Gasteiger partial charge in [-0.2, -0.15) is 12.6 Å². The molecule has 0 bridgehead atoms. The first kappa shape index (κ1) is 18.5. The molecule has 3 rings (SSSR count). The van der Waals surface area contributed by atoms with E-state index in [1.54, 1.807) is 0 Å². The van der Waals surface area contributed by atoms with Crippen molar-refractivity contribution in [2.75, 3.05) is 0 Å². The summed E-state index contributed by atoms with van der Waals surface area (Å²) in [4.78, 5) is 20.4. The van der Waals surface area contributed by atoms with E-state index < -0.39 is 0 Å². The molecule has 0 radical (unpaired) electrons. The Morgan fingerprint density at radius 2 is 2.00 bits per heavy atom. The summed E-state index contributed by atoms with van der Waals surface area (Å²) >= 11 is 4.46. The van der Waals surface area contributed by atoms with Gasteiger partial charge in [-0.3, -0.25) is 4.79 Å². The maximum Gasteiger partial charge on any atom is 0.233 e. The van der Waals surface area contributed by atoms with Crippen LogP contribution >= 0.6 is 12.6 Å². The zero-order chi connectivity index (χ0) is 18.5. The Balaban J connectivity index is 1.64. The molecule has 2 aromatic carbocycles. The lowest BCUT2D eigenvalue weighted by Gasteiger charge is -2.12. The molecule has 0 aliphatic rings. The smallest absolute Gasteiger partial charge is 0.233 e. The van der Waals surface area contributed by atoms with E-state index in [0.29, 0.717) is 13.0 Å². The number of carbonyl (C=O) groups excluding carboxylic acids is 1. The van der Waals surface area contributed by atoms with Crippen LogP contribution in [0.2, 0.25) is 0 Å². The van der Waals surface area contributed by atoms with Crippen LogP contribution in [0.25, 0.3) is 11.0 Å². The molecular formula is C21H25N3OS. The number of imidazole rings is 1. The van der Waals surface area contributed by atoms with Crippen molar-refractivity contribution in [3.05, 3.63) is 65.0 Å². The van der Waals surface area contributed by atoms with E-state index in [-0.39, 0.29) is 11.2 Å². The maximum absolute atomic E-state index is 12.4. The number of amides is 1. The lowest BCUT2D eigenvalue weighted by Crippen LogP contribution is -2.32. The largest absolute Gasteiger partial charge is 0.351 e. The highest BCUT2D eigenvalue weighted by molar-refractivity contribution is 7.81. The van der Waals surface area contributed by atoms with Crippen molar-refractivity contribution in [3.63, 3.8) is 0 Å². The highest BCUT2D eigenvalue weighted by atomic mass is 32.1. The predicted molar refractivity (Wildman–Crippen MR) is 110 cm³/mol. The second-order valence-electron chi connectivity index (χ2n) is 6.67. The number of fused-ring (bicyclic) bond motifs is 1. The van der Waals surface area contributed by atoms with Crippen LogP contribution in [-0.2, 0) is 24.2 Å². The summed E-state index contributed by atoms with van der Waals surface area (Å²) in [5.74, 6) is 0.969.